The van der Waals surface area contributed by atoms with Crippen LogP contribution in [0.3, 0.4) is 0 Å². The van der Waals surface area contributed by atoms with Crippen molar-refractivity contribution in [3.8, 4) is 33.6 Å². The van der Waals surface area contributed by atoms with Crippen molar-refractivity contribution in [2.45, 2.75) is 0 Å². The first-order valence-corrected chi connectivity index (χ1v) is 19.4. The van der Waals surface area contributed by atoms with E-state index in [4.69, 9.17) is 0 Å². The third kappa shape index (κ3) is 4.05. The average Bonchev–Trinajstić information content (AvgIpc) is 3.90. The predicted molar refractivity (Wildman–Crippen MR) is 232 cm³/mol. The number of benzene rings is 8. The van der Waals surface area contributed by atoms with Gasteiger partial charge in [0, 0.05) is 89.0 Å². The molecule has 5 aromatic heterocycles. The lowest BCUT2D eigenvalue weighted by Gasteiger charge is -2.11. The number of fused-ring (bicyclic) bond motifs is 3. The molecule has 55 heavy (non-hydrogen) atoms. The zero-order valence-corrected chi connectivity index (χ0v) is 30.2. The monoisotopic (exact) mass is 716 g/mol. The zero-order valence-electron chi connectivity index (χ0n) is 29.4. The molecule has 0 saturated carbocycles. The Kier molecular flexibility index (Phi) is 5.74. The molecule has 0 radical (unpaired) electrons. The molecule has 0 saturated heterocycles. The van der Waals surface area contributed by atoms with Crippen molar-refractivity contribution in [3.63, 3.8) is 0 Å². The van der Waals surface area contributed by atoms with Crippen LogP contribution in [0, 0.1) is 0 Å². The maximum Gasteiger partial charge on any atom is 0.0553 e. The van der Waals surface area contributed by atoms with Gasteiger partial charge in [0.05, 0.1) is 22.1 Å². The molecule has 5 heteroatoms. The first-order valence-electron chi connectivity index (χ1n) is 18.6. The van der Waals surface area contributed by atoms with E-state index in [1.165, 1.54) is 96.5 Å². The van der Waals surface area contributed by atoms with Crippen molar-refractivity contribution in [2.24, 2.45) is 0 Å². The largest absolute Gasteiger partial charge is 0.309 e. The smallest absolute Gasteiger partial charge is 0.0553 e. The fraction of sp³-hybridized carbons (Fsp3) is 0. The summed E-state index contributed by atoms with van der Waals surface area (Å²) in [4.78, 5) is 8.89. The minimum Gasteiger partial charge on any atom is -0.309 e. The second-order valence-corrected chi connectivity index (χ2v) is 15.8. The SMILES string of the molecule is c1cncc(-c2cc3ccc4cccc5c4c3c(c2)n5-c2ccc3sc4ccc(-n5c6cccc7ccc8cc(-c9cccnc9)cc5c8c76)cc4c3c2)c1. The lowest BCUT2D eigenvalue weighted by molar-refractivity contribution is 1.19. The van der Waals surface area contributed by atoms with Gasteiger partial charge in [-0.05, 0) is 118 Å². The quantitative estimate of drug-likeness (QED) is 0.170. The van der Waals surface area contributed by atoms with Gasteiger partial charge < -0.3 is 9.13 Å². The summed E-state index contributed by atoms with van der Waals surface area (Å²) in [6.07, 6.45) is 7.59. The Morgan fingerprint density at radius 2 is 0.836 bits per heavy atom. The van der Waals surface area contributed by atoms with Crippen molar-refractivity contribution in [1.29, 1.82) is 0 Å². The minimum absolute atomic E-state index is 1.12. The van der Waals surface area contributed by atoms with Gasteiger partial charge in [-0.25, -0.2) is 0 Å². The lowest BCUT2D eigenvalue weighted by atomic mass is 9.98. The van der Waals surface area contributed by atoms with Crippen molar-refractivity contribution in [3.05, 3.63) is 170 Å². The van der Waals surface area contributed by atoms with Crippen LogP contribution >= 0.6 is 11.3 Å². The Morgan fingerprint density at radius 3 is 1.31 bits per heavy atom. The van der Waals surface area contributed by atoms with E-state index in [0.29, 0.717) is 0 Å². The maximum absolute atomic E-state index is 4.45. The van der Waals surface area contributed by atoms with Gasteiger partial charge in [0.15, 0.2) is 0 Å². The van der Waals surface area contributed by atoms with Crippen LogP contribution in [0.15, 0.2) is 170 Å². The number of hydrogen-bond acceptors (Lipinski definition) is 3. The van der Waals surface area contributed by atoms with Gasteiger partial charge in [-0.3, -0.25) is 9.97 Å². The number of thiophene rings is 1. The fourth-order valence-electron chi connectivity index (χ4n) is 9.37. The first-order chi connectivity index (χ1) is 27.2. The van der Waals surface area contributed by atoms with Gasteiger partial charge in [0.1, 0.15) is 0 Å². The summed E-state index contributed by atoms with van der Waals surface area (Å²) in [5.74, 6) is 0. The third-order valence-electron chi connectivity index (χ3n) is 11.7. The van der Waals surface area contributed by atoms with Crippen LogP contribution in [-0.4, -0.2) is 19.1 Å². The summed E-state index contributed by atoms with van der Waals surface area (Å²) in [6, 6.07) is 54.1. The highest BCUT2D eigenvalue weighted by molar-refractivity contribution is 7.25. The number of rotatable bonds is 4. The summed E-state index contributed by atoms with van der Waals surface area (Å²) in [6.45, 7) is 0. The molecule has 0 N–H and O–H groups in total. The van der Waals surface area contributed by atoms with E-state index >= 15 is 0 Å². The van der Waals surface area contributed by atoms with E-state index < -0.39 is 0 Å². The Balaban J connectivity index is 1.07. The molecule has 0 fully saturated rings. The molecule has 0 aliphatic heterocycles. The molecule has 0 atom stereocenters. The van der Waals surface area contributed by atoms with Crippen molar-refractivity contribution < 1.29 is 0 Å². The molecule has 13 aromatic rings. The highest BCUT2D eigenvalue weighted by Gasteiger charge is 2.21. The highest BCUT2D eigenvalue weighted by atomic mass is 32.1. The number of hydrogen-bond donors (Lipinski definition) is 0. The zero-order chi connectivity index (χ0) is 35.8. The van der Waals surface area contributed by atoms with Crippen molar-refractivity contribution >= 4 is 96.7 Å². The number of aromatic nitrogens is 4. The molecule has 254 valence electrons. The van der Waals surface area contributed by atoms with Crippen LogP contribution in [-0.2, 0) is 0 Å². The number of pyridine rings is 2. The predicted octanol–water partition coefficient (Wildman–Crippen LogP) is 13.6. The van der Waals surface area contributed by atoms with Crippen LogP contribution in [0.2, 0.25) is 0 Å². The van der Waals surface area contributed by atoms with E-state index in [0.717, 1.165) is 22.5 Å². The molecule has 5 heterocycles. The standard InChI is InChI=1S/C50H28N4S/c1-5-29-11-13-31-21-35(33-7-3-19-51-27-33)23-43-49(31)47(29)41(9-1)53(43)37-15-17-45-39(25-37)40-26-38(16-18-46(40)55-45)54-42-10-2-6-30-12-14-32-22-36(34-8-4-20-52-28-34)24-44(54)50(32)48(30)42/h1-28H. The Bertz CT molecular complexity index is 3410. The molecule has 0 aliphatic carbocycles. The topological polar surface area (TPSA) is 35.6 Å². The minimum atomic E-state index is 1.12. The van der Waals surface area contributed by atoms with Crippen LogP contribution in [0.25, 0.3) is 119 Å². The van der Waals surface area contributed by atoms with E-state index in [1.807, 2.05) is 48.3 Å². The molecule has 0 spiro atoms. The second kappa shape index (κ2) is 10.8. The molecule has 4 nitrogen and oxygen atoms in total. The number of nitrogens with zero attached hydrogens (tertiary/aromatic N) is 4. The van der Waals surface area contributed by atoms with E-state index in [-0.39, 0.29) is 0 Å². The molecular weight excluding hydrogens is 689 g/mol. The summed E-state index contributed by atoms with van der Waals surface area (Å²) in [5, 5.41) is 12.8. The maximum atomic E-state index is 4.45. The molecule has 8 aromatic carbocycles. The summed E-state index contributed by atoms with van der Waals surface area (Å²) in [7, 11) is 0. The summed E-state index contributed by atoms with van der Waals surface area (Å²) in [5.41, 5.74) is 11.8. The third-order valence-corrected chi connectivity index (χ3v) is 12.9. The van der Waals surface area contributed by atoms with Gasteiger partial charge in [0.2, 0.25) is 0 Å². The fourth-order valence-corrected chi connectivity index (χ4v) is 10.4. The molecule has 0 unspecified atom stereocenters. The van der Waals surface area contributed by atoms with Gasteiger partial charge in [-0.15, -0.1) is 11.3 Å². The van der Waals surface area contributed by atoms with Crippen LogP contribution < -0.4 is 0 Å². The molecule has 0 aliphatic rings. The van der Waals surface area contributed by atoms with E-state index in [1.54, 1.807) is 0 Å². The lowest BCUT2D eigenvalue weighted by Crippen LogP contribution is -1.94. The average molecular weight is 717 g/mol. The van der Waals surface area contributed by atoms with Gasteiger partial charge >= 0.3 is 0 Å². The van der Waals surface area contributed by atoms with Crippen LogP contribution in [0.5, 0.6) is 0 Å². The van der Waals surface area contributed by atoms with Crippen LogP contribution in [0.4, 0.5) is 0 Å². The van der Waals surface area contributed by atoms with Gasteiger partial charge in [-0.2, -0.15) is 0 Å². The Labute approximate surface area is 318 Å². The molecule has 0 amide bonds. The molecule has 0 bridgehead atoms. The highest BCUT2D eigenvalue weighted by Crippen LogP contribution is 2.45. The Hall–Kier alpha value is -7.08. The first kappa shape index (κ1) is 29.4. The van der Waals surface area contributed by atoms with E-state index in [2.05, 4.69) is 153 Å². The Morgan fingerprint density at radius 1 is 0.364 bits per heavy atom. The van der Waals surface area contributed by atoms with E-state index in [9.17, 15) is 0 Å². The molecular formula is C50H28N4S. The normalized spacial score (nSPS) is 12.4. The van der Waals surface area contributed by atoms with Gasteiger partial charge in [-0.1, -0.05) is 60.7 Å². The second-order valence-electron chi connectivity index (χ2n) is 14.7. The van der Waals surface area contributed by atoms with Crippen molar-refractivity contribution in [2.75, 3.05) is 0 Å². The van der Waals surface area contributed by atoms with Crippen LogP contribution in [0.1, 0.15) is 0 Å². The van der Waals surface area contributed by atoms with Gasteiger partial charge in [0.25, 0.3) is 0 Å². The molecule has 13 rings (SSSR count). The van der Waals surface area contributed by atoms with Crippen molar-refractivity contribution in [1.82, 2.24) is 19.1 Å². The summed E-state index contributed by atoms with van der Waals surface area (Å²) < 4.78 is 7.51. The summed E-state index contributed by atoms with van der Waals surface area (Å²) >= 11 is 1.86.